The molecule has 9 nitrogen and oxygen atoms in total. The van der Waals surface area contributed by atoms with E-state index in [2.05, 4.69) is 0 Å². The van der Waals surface area contributed by atoms with Crippen molar-refractivity contribution in [2.75, 3.05) is 47.3 Å². The summed E-state index contributed by atoms with van der Waals surface area (Å²) in [6.07, 6.45) is 0. The molecule has 1 aromatic rings. The molecule has 0 fully saturated rings. The number of carbonyl (C=O) groups is 1. The second-order valence-corrected chi connectivity index (χ2v) is 4.48. The molecule has 0 atom stereocenters. The number of benzene rings is 1. The zero-order valence-electron chi connectivity index (χ0n) is 13.9. The molecule has 0 aliphatic rings. The Morgan fingerprint density at radius 1 is 1.08 bits per heavy atom. The van der Waals surface area contributed by atoms with Crippen LogP contribution in [0, 0.1) is 10.1 Å². The Hall–Kier alpha value is -2.39. The van der Waals surface area contributed by atoms with Gasteiger partial charge in [0, 0.05) is 20.3 Å². The zero-order chi connectivity index (χ0) is 17.9. The highest BCUT2D eigenvalue weighted by Crippen LogP contribution is 2.38. The average molecular weight is 343 g/mol. The van der Waals surface area contributed by atoms with Crippen molar-refractivity contribution in [1.82, 2.24) is 0 Å². The Kier molecular flexibility index (Phi) is 8.52. The van der Waals surface area contributed by atoms with E-state index in [1.54, 1.807) is 6.92 Å². The first-order valence-electron chi connectivity index (χ1n) is 7.28. The number of carbonyl (C=O) groups excluding carboxylic acids is 1. The van der Waals surface area contributed by atoms with Gasteiger partial charge in [0.05, 0.1) is 30.3 Å². The summed E-state index contributed by atoms with van der Waals surface area (Å²) in [6.45, 7) is 2.55. The van der Waals surface area contributed by atoms with Crippen LogP contribution in [0.25, 0.3) is 0 Å². The number of methoxy groups -OCH3 is 2. The molecular weight excluding hydrogens is 322 g/mol. The van der Waals surface area contributed by atoms with Crippen molar-refractivity contribution < 1.29 is 33.4 Å². The minimum Gasteiger partial charge on any atom is -0.487 e. The molecule has 0 aliphatic carbocycles. The fraction of sp³-hybridized carbons (Fsp3) is 0.533. The van der Waals surface area contributed by atoms with Gasteiger partial charge in [0.25, 0.3) is 0 Å². The van der Waals surface area contributed by atoms with E-state index in [9.17, 15) is 14.9 Å². The van der Waals surface area contributed by atoms with Crippen LogP contribution in [0.2, 0.25) is 0 Å². The predicted molar refractivity (Wildman–Crippen MR) is 83.8 cm³/mol. The van der Waals surface area contributed by atoms with Crippen molar-refractivity contribution in [3.63, 3.8) is 0 Å². The van der Waals surface area contributed by atoms with E-state index in [-0.39, 0.29) is 55.8 Å². The number of esters is 1. The lowest BCUT2D eigenvalue weighted by atomic mass is 10.1. The van der Waals surface area contributed by atoms with Gasteiger partial charge in [-0.3, -0.25) is 10.1 Å². The van der Waals surface area contributed by atoms with Gasteiger partial charge in [-0.05, 0) is 13.0 Å². The smallest absolute Gasteiger partial charge is 0.338 e. The van der Waals surface area contributed by atoms with Crippen molar-refractivity contribution in [3.05, 3.63) is 27.8 Å². The molecular formula is C15H21NO8. The fourth-order valence-corrected chi connectivity index (χ4v) is 1.77. The van der Waals surface area contributed by atoms with Crippen LogP contribution in [0.4, 0.5) is 5.69 Å². The third kappa shape index (κ3) is 5.67. The van der Waals surface area contributed by atoms with Gasteiger partial charge >= 0.3 is 11.7 Å². The molecule has 0 N–H and O–H groups in total. The number of hydrogen-bond donors (Lipinski definition) is 0. The van der Waals surface area contributed by atoms with Gasteiger partial charge < -0.3 is 23.7 Å². The molecule has 134 valence electrons. The van der Waals surface area contributed by atoms with E-state index in [0.29, 0.717) is 0 Å². The molecule has 1 aromatic carbocycles. The van der Waals surface area contributed by atoms with E-state index < -0.39 is 10.9 Å². The quantitative estimate of drug-likeness (QED) is 0.259. The molecule has 0 saturated carbocycles. The van der Waals surface area contributed by atoms with Gasteiger partial charge in [-0.1, -0.05) is 0 Å². The molecule has 0 saturated heterocycles. The molecule has 0 unspecified atom stereocenters. The lowest BCUT2D eigenvalue weighted by molar-refractivity contribution is -0.386. The summed E-state index contributed by atoms with van der Waals surface area (Å²) in [6, 6.07) is 2.45. The number of ether oxygens (including phenoxy) is 5. The molecule has 0 radical (unpaired) electrons. The SMILES string of the molecule is CCOC(=O)c1cc(OCCOC)c(OCCOC)c([N+](=O)[O-])c1. The van der Waals surface area contributed by atoms with Crippen molar-refractivity contribution in [3.8, 4) is 11.5 Å². The summed E-state index contributed by atoms with van der Waals surface area (Å²) < 4.78 is 25.5. The van der Waals surface area contributed by atoms with Crippen molar-refractivity contribution >= 4 is 11.7 Å². The summed E-state index contributed by atoms with van der Waals surface area (Å²) in [5.41, 5.74) is -0.376. The van der Waals surface area contributed by atoms with E-state index in [1.165, 1.54) is 20.3 Å². The lowest BCUT2D eigenvalue weighted by Crippen LogP contribution is -2.12. The van der Waals surface area contributed by atoms with Gasteiger partial charge in [0.1, 0.15) is 13.2 Å². The number of nitrogens with zero attached hydrogens (tertiary/aromatic N) is 1. The van der Waals surface area contributed by atoms with Crippen LogP contribution in [-0.4, -0.2) is 58.1 Å². The minimum atomic E-state index is -0.680. The summed E-state index contributed by atoms with van der Waals surface area (Å²) in [5.74, 6) is -0.678. The number of nitro groups is 1. The van der Waals surface area contributed by atoms with E-state index >= 15 is 0 Å². The van der Waals surface area contributed by atoms with Gasteiger partial charge in [-0.2, -0.15) is 0 Å². The first-order chi connectivity index (χ1) is 11.5. The summed E-state index contributed by atoms with van der Waals surface area (Å²) in [7, 11) is 2.98. The average Bonchev–Trinajstić information content (AvgIpc) is 2.56. The molecule has 0 aliphatic heterocycles. The van der Waals surface area contributed by atoms with E-state index in [1.807, 2.05) is 0 Å². The molecule has 0 spiro atoms. The van der Waals surface area contributed by atoms with Gasteiger partial charge in [-0.15, -0.1) is 0 Å². The van der Waals surface area contributed by atoms with Gasteiger partial charge in [0.15, 0.2) is 5.75 Å². The molecule has 24 heavy (non-hydrogen) atoms. The molecule has 0 bridgehead atoms. The minimum absolute atomic E-state index is 0.00931. The number of nitro benzene ring substituents is 1. The van der Waals surface area contributed by atoms with Crippen molar-refractivity contribution in [2.24, 2.45) is 0 Å². The van der Waals surface area contributed by atoms with Crippen molar-refractivity contribution in [1.29, 1.82) is 0 Å². The fourth-order valence-electron chi connectivity index (χ4n) is 1.77. The highest BCUT2D eigenvalue weighted by atomic mass is 16.6. The highest BCUT2D eigenvalue weighted by Gasteiger charge is 2.25. The first-order valence-corrected chi connectivity index (χ1v) is 7.28. The Bertz CT molecular complexity index is 561. The molecule has 0 aromatic heterocycles. The van der Waals surface area contributed by atoms with Crippen LogP contribution in [0.1, 0.15) is 17.3 Å². The van der Waals surface area contributed by atoms with Crippen LogP contribution in [0.5, 0.6) is 11.5 Å². The third-order valence-corrected chi connectivity index (χ3v) is 2.82. The zero-order valence-corrected chi connectivity index (χ0v) is 13.9. The molecule has 0 heterocycles. The second kappa shape index (κ2) is 10.4. The van der Waals surface area contributed by atoms with Gasteiger partial charge in [0.2, 0.25) is 5.75 Å². The normalized spacial score (nSPS) is 10.3. The monoisotopic (exact) mass is 343 g/mol. The topological polar surface area (TPSA) is 106 Å². The lowest BCUT2D eigenvalue weighted by Gasteiger charge is -2.14. The van der Waals surface area contributed by atoms with E-state index in [4.69, 9.17) is 23.7 Å². The van der Waals surface area contributed by atoms with Crippen LogP contribution in [0.3, 0.4) is 0 Å². The van der Waals surface area contributed by atoms with Gasteiger partial charge in [-0.25, -0.2) is 4.79 Å². The third-order valence-electron chi connectivity index (χ3n) is 2.82. The predicted octanol–water partition coefficient (Wildman–Crippen LogP) is 1.82. The number of rotatable bonds is 11. The maximum atomic E-state index is 11.9. The largest absolute Gasteiger partial charge is 0.487 e. The van der Waals surface area contributed by atoms with Crippen LogP contribution >= 0.6 is 0 Å². The maximum Gasteiger partial charge on any atom is 0.338 e. The molecule has 9 heteroatoms. The Morgan fingerprint density at radius 3 is 2.25 bits per heavy atom. The first kappa shape index (κ1) is 19.7. The summed E-state index contributed by atoms with van der Waals surface area (Å²) >= 11 is 0. The standard InChI is InChI=1S/C15H21NO8/c1-4-22-15(17)11-9-12(16(18)19)14(24-8-6-21-3)13(10-11)23-7-5-20-2/h9-10H,4-8H2,1-3H3. The van der Waals surface area contributed by atoms with Crippen LogP contribution < -0.4 is 9.47 Å². The maximum absolute atomic E-state index is 11.9. The van der Waals surface area contributed by atoms with E-state index in [0.717, 1.165) is 6.07 Å². The van der Waals surface area contributed by atoms with Crippen LogP contribution in [-0.2, 0) is 14.2 Å². The molecule has 1 rings (SSSR count). The summed E-state index contributed by atoms with van der Waals surface area (Å²) in [5, 5.41) is 11.3. The molecule has 0 amide bonds. The summed E-state index contributed by atoms with van der Waals surface area (Å²) in [4.78, 5) is 22.6. The van der Waals surface area contributed by atoms with Crippen molar-refractivity contribution in [2.45, 2.75) is 6.92 Å². The Balaban J connectivity index is 3.23. The number of hydrogen-bond acceptors (Lipinski definition) is 8. The Morgan fingerprint density at radius 2 is 1.71 bits per heavy atom. The highest BCUT2D eigenvalue weighted by molar-refractivity contribution is 5.91. The Labute approximate surface area is 139 Å². The van der Waals surface area contributed by atoms with Crippen LogP contribution in [0.15, 0.2) is 12.1 Å². The second-order valence-electron chi connectivity index (χ2n) is 4.48.